The van der Waals surface area contributed by atoms with E-state index in [1.165, 1.54) is 0 Å². The van der Waals surface area contributed by atoms with Crippen molar-refractivity contribution in [1.29, 1.82) is 0 Å². The molecule has 5 heteroatoms. The number of hydrogen-bond acceptors (Lipinski definition) is 3. The molecule has 0 aromatic heterocycles. The summed E-state index contributed by atoms with van der Waals surface area (Å²) >= 11 is 0. The van der Waals surface area contributed by atoms with Crippen LogP contribution in [0.25, 0.3) is 0 Å². The molecule has 114 valence electrons. The number of likely N-dealkylation sites (tertiary alicyclic amines) is 1. The molecule has 0 aromatic rings. The second-order valence-corrected chi connectivity index (χ2v) is 6.38. The molecule has 2 rings (SSSR count). The number of amides is 1. The van der Waals surface area contributed by atoms with Gasteiger partial charge in [-0.3, -0.25) is 9.59 Å². The first kappa shape index (κ1) is 15.3. The number of carbonyl (C=O) groups is 2. The van der Waals surface area contributed by atoms with Gasteiger partial charge in [0.1, 0.15) is 0 Å². The quantitative estimate of drug-likeness (QED) is 0.856. The van der Waals surface area contributed by atoms with Crippen molar-refractivity contribution in [2.45, 2.75) is 45.4 Å². The molecule has 2 heterocycles. The first-order chi connectivity index (χ1) is 9.51. The van der Waals surface area contributed by atoms with Gasteiger partial charge in [-0.2, -0.15) is 0 Å². The van der Waals surface area contributed by atoms with Gasteiger partial charge in [0.05, 0.1) is 5.41 Å². The van der Waals surface area contributed by atoms with Gasteiger partial charge in [0, 0.05) is 32.7 Å². The van der Waals surface area contributed by atoms with E-state index >= 15 is 0 Å². The molecule has 0 radical (unpaired) electrons. The lowest BCUT2D eigenvalue weighted by molar-refractivity contribution is -0.153. The van der Waals surface area contributed by atoms with Gasteiger partial charge in [-0.1, -0.05) is 0 Å². The van der Waals surface area contributed by atoms with Crippen molar-refractivity contribution in [3.8, 4) is 0 Å². The Hall–Kier alpha value is -1.10. The van der Waals surface area contributed by atoms with Crippen molar-refractivity contribution in [3.63, 3.8) is 0 Å². The van der Waals surface area contributed by atoms with E-state index in [2.05, 4.69) is 0 Å². The number of ether oxygens (including phenoxy) is 1. The van der Waals surface area contributed by atoms with Crippen LogP contribution < -0.4 is 0 Å². The molecule has 2 fully saturated rings. The molecule has 2 aliphatic heterocycles. The summed E-state index contributed by atoms with van der Waals surface area (Å²) in [5.74, 6) is -0.0913. The molecule has 1 amide bonds. The fraction of sp³-hybridized carbons (Fsp3) is 0.867. The molecular weight excluding hydrogens is 258 g/mol. The monoisotopic (exact) mass is 283 g/mol. The Morgan fingerprint density at radius 3 is 2.70 bits per heavy atom. The van der Waals surface area contributed by atoms with Gasteiger partial charge in [-0.15, -0.1) is 0 Å². The summed E-state index contributed by atoms with van der Waals surface area (Å²) in [5.41, 5.74) is -0.771. The highest BCUT2D eigenvalue weighted by atomic mass is 16.5. The molecule has 0 saturated carbocycles. The molecule has 2 saturated heterocycles. The van der Waals surface area contributed by atoms with E-state index in [1.807, 2.05) is 0 Å². The lowest BCUT2D eigenvalue weighted by atomic mass is 9.82. The van der Waals surface area contributed by atoms with Gasteiger partial charge in [0.25, 0.3) is 0 Å². The van der Waals surface area contributed by atoms with E-state index in [-0.39, 0.29) is 5.91 Å². The highest BCUT2D eigenvalue weighted by Crippen LogP contribution is 2.30. The minimum absolute atomic E-state index is 0.115. The predicted octanol–water partition coefficient (Wildman–Crippen LogP) is 1.91. The molecule has 20 heavy (non-hydrogen) atoms. The number of hydrogen-bond donors (Lipinski definition) is 1. The maximum Gasteiger partial charge on any atom is 0.311 e. The lowest BCUT2D eigenvalue weighted by Gasteiger charge is -2.37. The summed E-state index contributed by atoms with van der Waals surface area (Å²) in [5, 5.41) is 9.28. The summed E-state index contributed by atoms with van der Waals surface area (Å²) in [6.07, 6.45) is 4.97. The molecule has 0 aliphatic carbocycles. The zero-order valence-electron chi connectivity index (χ0n) is 12.3. The Morgan fingerprint density at radius 1 is 1.35 bits per heavy atom. The second kappa shape index (κ2) is 6.57. The van der Waals surface area contributed by atoms with Gasteiger partial charge in [-0.25, -0.2) is 0 Å². The van der Waals surface area contributed by atoms with Gasteiger partial charge in [0.15, 0.2) is 0 Å². The smallest absolute Gasteiger partial charge is 0.311 e. The summed E-state index contributed by atoms with van der Waals surface area (Å²) in [4.78, 5) is 25.3. The highest BCUT2D eigenvalue weighted by molar-refractivity contribution is 5.79. The van der Waals surface area contributed by atoms with Crippen molar-refractivity contribution < 1.29 is 19.4 Å². The summed E-state index contributed by atoms with van der Waals surface area (Å²) < 4.78 is 5.32. The maximum atomic E-state index is 12.3. The van der Waals surface area contributed by atoms with Crippen LogP contribution in [0.2, 0.25) is 0 Å². The number of piperidine rings is 1. The summed E-state index contributed by atoms with van der Waals surface area (Å²) in [6.45, 7) is 4.41. The Kier molecular flexibility index (Phi) is 5.02. The Bertz CT molecular complexity index is 365. The lowest BCUT2D eigenvalue weighted by Crippen LogP contribution is -2.48. The van der Waals surface area contributed by atoms with E-state index in [0.717, 1.165) is 38.9 Å². The molecule has 1 unspecified atom stereocenters. The third kappa shape index (κ3) is 3.72. The summed E-state index contributed by atoms with van der Waals surface area (Å²) in [7, 11) is 0. The van der Waals surface area contributed by atoms with Crippen molar-refractivity contribution >= 4 is 11.9 Å². The van der Waals surface area contributed by atoms with E-state index in [1.54, 1.807) is 11.8 Å². The minimum atomic E-state index is -0.792. The number of nitrogens with zero attached hydrogens (tertiary/aromatic N) is 1. The zero-order valence-corrected chi connectivity index (χ0v) is 12.3. The average Bonchev–Trinajstić information content (AvgIpc) is 2.46. The maximum absolute atomic E-state index is 12.3. The molecule has 0 spiro atoms. The first-order valence-corrected chi connectivity index (χ1v) is 7.60. The first-order valence-electron chi connectivity index (χ1n) is 7.60. The Morgan fingerprint density at radius 2 is 2.05 bits per heavy atom. The third-order valence-electron chi connectivity index (χ3n) is 4.67. The van der Waals surface area contributed by atoms with Gasteiger partial charge >= 0.3 is 5.97 Å². The van der Waals surface area contributed by atoms with E-state index in [0.29, 0.717) is 31.8 Å². The van der Waals surface area contributed by atoms with Gasteiger partial charge in [0.2, 0.25) is 5.91 Å². The fourth-order valence-corrected chi connectivity index (χ4v) is 3.15. The SMILES string of the molecule is CC1(C(=O)O)CCCN(C(=O)CCC2CCOCC2)C1. The third-order valence-corrected chi connectivity index (χ3v) is 4.67. The molecule has 5 nitrogen and oxygen atoms in total. The van der Waals surface area contributed by atoms with Gasteiger partial charge in [-0.05, 0) is 44.9 Å². The van der Waals surface area contributed by atoms with E-state index < -0.39 is 11.4 Å². The van der Waals surface area contributed by atoms with Gasteiger partial charge < -0.3 is 14.7 Å². The number of carboxylic acids is 1. The van der Waals surface area contributed by atoms with E-state index in [9.17, 15) is 14.7 Å². The highest BCUT2D eigenvalue weighted by Gasteiger charge is 2.39. The van der Waals surface area contributed by atoms with Crippen LogP contribution in [0, 0.1) is 11.3 Å². The van der Waals surface area contributed by atoms with Crippen LogP contribution in [0.15, 0.2) is 0 Å². The Balaban J connectivity index is 1.81. The van der Waals surface area contributed by atoms with Crippen molar-refractivity contribution in [2.75, 3.05) is 26.3 Å². The number of rotatable bonds is 4. The number of carbonyl (C=O) groups excluding carboxylic acids is 1. The normalized spacial score (nSPS) is 28.4. The molecule has 0 bridgehead atoms. The number of aliphatic carboxylic acids is 1. The molecular formula is C15H25NO4. The van der Waals surface area contributed by atoms with Crippen LogP contribution >= 0.6 is 0 Å². The van der Waals surface area contributed by atoms with Crippen LogP contribution in [0.4, 0.5) is 0 Å². The largest absolute Gasteiger partial charge is 0.481 e. The molecule has 1 atom stereocenters. The van der Waals surface area contributed by atoms with E-state index in [4.69, 9.17) is 4.74 Å². The average molecular weight is 283 g/mol. The van der Waals surface area contributed by atoms with Crippen molar-refractivity contribution in [3.05, 3.63) is 0 Å². The Labute approximate surface area is 120 Å². The minimum Gasteiger partial charge on any atom is -0.481 e. The van der Waals surface area contributed by atoms with Crippen LogP contribution in [-0.2, 0) is 14.3 Å². The summed E-state index contributed by atoms with van der Waals surface area (Å²) in [6, 6.07) is 0. The molecule has 1 N–H and O–H groups in total. The molecule has 2 aliphatic rings. The zero-order chi connectivity index (χ0) is 14.6. The van der Waals surface area contributed by atoms with Crippen molar-refractivity contribution in [2.24, 2.45) is 11.3 Å². The van der Waals surface area contributed by atoms with Crippen LogP contribution in [0.5, 0.6) is 0 Å². The standard InChI is InChI=1S/C15H25NO4/c1-15(14(18)19)7-2-8-16(11-15)13(17)4-3-12-5-9-20-10-6-12/h12H,2-11H2,1H3,(H,18,19). The van der Waals surface area contributed by atoms with Crippen LogP contribution in [0.1, 0.15) is 45.4 Å². The number of carboxylic acid groups (broad SMARTS) is 1. The second-order valence-electron chi connectivity index (χ2n) is 6.38. The molecule has 0 aromatic carbocycles. The van der Waals surface area contributed by atoms with Crippen LogP contribution in [0.3, 0.4) is 0 Å². The van der Waals surface area contributed by atoms with Crippen molar-refractivity contribution in [1.82, 2.24) is 4.90 Å². The van der Waals surface area contributed by atoms with Crippen LogP contribution in [-0.4, -0.2) is 48.2 Å². The fourth-order valence-electron chi connectivity index (χ4n) is 3.15. The predicted molar refractivity (Wildman–Crippen MR) is 74.3 cm³/mol. The topological polar surface area (TPSA) is 66.8 Å².